The number of rotatable bonds is 14. The predicted molar refractivity (Wildman–Crippen MR) is 227 cm³/mol. The molecule has 67 heavy (non-hydrogen) atoms. The number of carbonyl (C=O) groups excluding carboxylic acids is 6. The van der Waals surface area contributed by atoms with Crippen LogP contribution < -0.4 is 33.0 Å². The van der Waals surface area contributed by atoms with E-state index in [2.05, 4.69) is 16.0 Å². The molecule has 23 heteroatoms. The number of carbonyl (C=O) groups is 7. The van der Waals surface area contributed by atoms with Gasteiger partial charge in [0.25, 0.3) is 5.56 Å². The Labute approximate surface area is 377 Å². The largest absolute Gasteiger partial charge is 0.490 e. The molecule has 4 heterocycles. The predicted octanol–water partition coefficient (Wildman–Crippen LogP) is 0.770. The third-order valence-electron chi connectivity index (χ3n) is 11.9. The lowest BCUT2D eigenvalue weighted by atomic mass is 9.81. The van der Waals surface area contributed by atoms with Crippen molar-refractivity contribution in [2.75, 3.05) is 26.2 Å². The first-order valence-corrected chi connectivity index (χ1v) is 20.9. The van der Waals surface area contributed by atoms with Crippen LogP contribution in [-0.2, 0) is 69.9 Å². The number of carboxylic acids is 1. The van der Waals surface area contributed by atoms with E-state index >= 15 is 4.39 Å². The van der Waals surface area contributed by atoms with Crippen molar-refractivity contribution in [1.82, 2.24) is 30.4 Å². The van der Waals surface area contributed by atoms with E-state index in [1.54, 1.807) is 50.2 Å². The van der Waals surface area contributed by atoms with Crippen LogP contribution in [-0.4, -0.2) is 105 Å². The van der Waals surface area contributed by atoms with Gasteiger partial charge in [-0.15, -0.1) is 0 Å². The number of esters is 1. The van der Waals surface area contributed by atoms with Gasteiger partial charge in [-0.1, -0.05) is 37.3 Å². The maximum absolute atomic E-state index is 15.5. The molecule has 3 atom stereocenters. The van der Waals surface area contributed by atoms with Gasteiger partial charge in [-0.05, 0) is 54.5 Å². The van der Waals surface area contributed by atoms with Gasteiger partial charge in [0, 0.05) is 42.0 Å². The molecule has 1 aliphatic carbocycles. The van der Waals surface area contributed by atoms with E-state index in [0.29, 0.717) is 45.3 Å². The number of aromatic nitrogens is 2. The Morgan fingerprint density at radius 2 is 1.72 bits per heavy atom. The Balaban J connectivity index is 0.000000980. The highest BCUT2D eigenvalue weighted by Crippen LogP contribution is 2.47. The highest BCUT2D eigenvalue weighted by atomic mass is 19.4. The van der Waals surface area contributed by atoms with E-state index < -0.39 is 89.8 Å². The van der Waals surface area contributed by atoms with Crippen molar-refractivity contribution >= 4 is 52.4 Å². The molecule has 2 aromatic carbocycles. The van der Waals surface area contributed by atoms with Crippen LogP contribution in [0.15, 0.2) is 47.3 Å². The second-order valence-electron chi connectivity index (χ2n) is 16.0. The SMILES string of the molecule is CC[C@@]1(O)C(=O)OCc2c1cc1n(c2=O)Cc2c-1nc1cc(F)c(C)c3c1c2[C@@H](N(CCC(N)=O)C(=O)CNC(=O)[C@H](Cc1ccccc1)NC(=O)CNC(=O)CN)CC3.O=C(O)C(F)(F)F. The summed E-state index contributed by atoms with van der Waals surface area (Å²) in [4.78, 5) is 107. The molecule has 0 saturated heterocycles. The number of nitrogens with one attached hydrogen (secondary N) is 3. The molecule has 5 amide bonds. The normalized spacial score (nSPS) is 17.1. The molecule has 2 aliphatic heterocycles. The summed E-state index contributed by atoms with van der Waals surface area (Å²) in [7, 11) is 0. The van der Waals surface area contributed by atoms with Crippen molar-refractivity contribution in [3.8, 4) is 11.4 Å². The lowest BCUT2D eigenvalue weighted by Gasteiger charge is -2.37. The molecule has 9 N–H and O–H groups in total. The second-order valence-corrected chi connectivity index (χ2v) is 16.0. The van der Waals surface area contributed by atoms with Crippen LogP contribution in [0.5, 0.6) is 0 Å². The van der Waals surface area contributed by atoms with Crippen molar-refractivity contribution < 1.29 is 66.1 Å². The first kappa shape index (κ1) is 49.2. The Hall–Kier alpha value is -7.27. The molecule has 0 fully saturated rings. The van der Waals surface area contributed by atoms with Gasteiger partial charge in [0.15, 0.2) is 5.60 Å². The van der Waals surface area contributed by atoms with Crippen LogP contribution in [0.3, 0.4) is 0 Å². The van der Waals surface area contributed by atoms with E-state index in [9.17, 15) is 51.8 Å². The molecular formula is C44H46F4N8O11. The number of hydrogen-bond acceptors (Lipinski definition) is 12. The van der Waals surface area contributed by atoms with Gasteiger partial charge >= 0.3 is 18.1 Å². The number of benzene rings is 2. The maximum Gasteiger partial charge on any atom is 0.490 e. The van der Waals surface area contributed by atoms with Gasteiger partial charge in [-0.25, -0.2) is 19.0 Å². The summed E-state index contributed by atoms with van der Waals surface area (Å²) in [5.41, 5.74) is 12.3. The fraction of sp³-hybridized carbons (Fsp3) is 0.386. The van der Waals surface area contributed by atoms with Crippen molar-refractivity contribution in [3.63, 3.8) is 0 Å². The average Bonchev–Trinajstić information content (AvgIpc) is 3.66. The number of primary amides is 1. The number of hydrogen-bond donors (Lipinski definition) is 7. The van der Waals surface area contributed by atoms with Crippen LogP contribution in [0.4, 0.5) is 17.6 Å². The van der Waals surface area contributed by atoms with Gasteiger partial charge in [0.05, 0.1) is 54.7 Å². The molecule has 0 spiro atoms. The maximum atomic E-state index is 15.5. The smallest absolute Gasteiger partial charge is 0.475 e. The van der Waals surface area contributed by atoms with Crippen LogP contribution in [0.1, 0.15) is 71.2 Å². The first-order chi connectivity index (χ1) is 31.6. The summed E-state index contributed by atoms with van der Waals surface area (Å²) in [5, 5.41) is 26.7. The zero-order chi connectivity index (χ0) is 49.1. The Morgan fingerprint density at radius 3 is 2.34 bits per heavy atom. The number of nitrogens with two attached hydrogens (primary N) is 2. The van der Waals surface area contributed by atoms with Crippen LogP contribution in [0.25, 0.3) is 22.3 Å². The molecule has 2 aromatic heterocycles. The molecule has 3 aliphatic rings. The molecule has 4 aromatic rings. The molecule has 0 radical (unpaired) electrons. The van der Waals surface area contributed by atoms with E-state index in [-0.39, 0.29) is 74.3 Å². The number of cyclic esters (lactones) is 1. The summed E-state index contributed by atoms with van der Waals surface area (Å²) >= 11 is 0. The van der Waals surface area contributed by atoms with E-state index in [1.807, 2.05) is 0 Å². The summed E-state index contributed by atoms with van der Waals surface area (Å²) in [6.07, 6.45) is -4.75. The van der Waals surface area contributed by atoms with Gasteiger partial charge < -0.3 is 51.8 Å². The number of amides is 5. The Bertz CT molecular complexity index is 2750. The highest BCUT2D eigenvalue weighted by molar-refractivity contribution is 5.95. The zero-order valence-electron chi connectivity index (χ0n) is 36.1. The minimum Gasteiger partial charge on any atom is -0.475 e. The Morgan fingerprint density at radius 1 is 1.03 bits per heavy atom. The first-order valence-electron chi connectivity index (χ1n) is 20.9. The number of carboxylic acid groups (broad SMARTS) is 1. The standard InChI is InChI=1S/C42H45FN8O9.C2HF3O2/c1-3-42(59)26-14-31-38-24(19-51(31)40(57)25(26)20-60-41(42)58)37-30(10-9-23-21(2)27(43)15-28(49-38)36(23)37)50(12-11-32(45)52)35(55)18-47-39(56)29(13-22-7-5-4-6-8-22)48-34(54)17-46-33(53)16-44;3-2(4,5)1(6)7/h4-8,14-15,29-30,59H,3,9-13,16-20,44H2,1-2H3,(H2,45,52)(H,46,53)(H,47,56)(H,48,54);(H,6,7)/t29-,30-,42-;/m0./s1. The van der Waals surface area contributed by atoms with Crippen molar-refractivity contribution in [2.24, 2.45) is 11.5 Å². The summed E-state index contributed by atoms with van der Waals surface area (Å²) in [5.74, 6) is -7.34. The number of alkyl halides is 3. The van der Waals surface area contributed by atoms with Crippen molar-refractivity contribution in [3.05, 3.63) is 97.6 Å². The number of fused-ring (bicyclic) bond motifs is 5. The molecule has 0 bridgehead atoms. The fourth-order valence-electron chi connectivity index (χ4n) is 8.47. The molecular weight excluding hydrogens is 893 g/mol. The number of aryl methyl sites for hydroxylation is 1. The average molecular weight is 939 g/mol. The monoisotopic (exact) mass is 938 g/mol. The van der Waals surface area contributed by atoms with E-state index in [0.717, 1.165) is 0 Å². The van der Waals surface area contributed by atoms with E-state index in [1.165, 1.54) is 15.5 Å². The summed E-state index contributed by atoms with van der Waals surface area (Å²) < 4.78 is 54.0. The molecule has 7 rings (SSSR count). The minimum absolute atomic E-state index is 0.0128. The fourth-order valence-corrected chi connectivity index (χ4v) is 8.47. The third-order valence-corrected chi connectivity index (χ3v) is 11.9. The minimum atomic E-state index is -5.08. The van der Waals surface area contributed by atoms with Crippen molar-refractivity contribution in [1.29, 1.82) is 0 Å². The zero-order valence-corrected chi connectivity index (χ0v) is 36.1. The second kappa shape index (κ2) is 19.7. The van der Waals surface area contributed by atoms with Gasteiger partial charge in [0.2, 0.25) is 29.5 Å². The van der Waals surface area contributed by atoms with Crippen LogP contribution in [0.2, 0.25) is 0 Å². The van der Waals surface area contributed by atoms with E-state index in [4.69, 9.17) is 31.1 Å². The number of halogens is 4. The summed E-state index contributed by atoms with van der Waals surface area (Å²) in [6.45, 7) is 1.41. The number of nitrogens with zero attached hydrogens (tertiary/aromatic N) is 3. The molecule has 19 nitrogen and oxygen atoms in total. The quantitative estimate of drug-likeness (QED) is 0.0599. The van der Waals surface area contributed by atoms with Crippen LogP contribution in [0, 0.1) is 12.7 Å². The number of ether oxygens (including phenoxy) is 1. The lowest BCUT2D eigenvalue weighted by Crippen LogP contribution is -2.52. The molecule has 0 saturated carbocycles. The number of pyridine rings is 2. The van der Waals surface area contributed by atoms with Gasteiger partial charge in [-0.2, -0.15) is 13.2 Å². The molecule has 0 unspecified atom stereocenters. The summed E-state index contributed by atoms with van der Waals surface area (Å²) in [6, 6.07) is 9.76. The molecule has 356 valence electrons. The van der Waals surface area contributed by atoms with Crippen molar-refractivity contribution in [2.45, 2.75) is 83.0 Å². The van der Waals surface area contributed by atoms with Crippen LogP contribution >= 0.6 is 0 Å². The number of aliphatic hydroxyl groups is 1. The topological polar surface area (TPSA) is 295 Å². The lowest BCUT2D eigenvalue weighted by molar-refractivity contribution is -0.192. The highest BCUT2D eigenvalue weighted by Gasteiger charge is 2.46. The Kier molecular flexibility index (Phi) is 14.4. The third kappa shape index (κ3) is 10.1. The van der Waals surface area contributed by atoms with Gasteiger partial charge in [-0.3, -0.25) is 28.8 Å². The number of aliphatic carboxylic acids is 1. The van der Waals surface area contributed by atoms with Gasteiger partial charge in [0.1, 0.15) is 18.5 Å².